The molecule has 0 aliphatic carbocycles. The summed E-state index contributed by atoms with van der Waals surface area (Å²) in [5, 5.41) is 2.43. The van der Waals surface area contributed by atoms with Crippen LogP contribution < -0.4 is 25.5 Å². The fraction of sp³-hybridized carbons (Fsp3) is 0.258. The first-order valence-corrected chi connectivity index (χ1v) is 24.8. The maximum atomic E-state index is 6.67. The van der Waals surface area contributed by atoms with Crippen LogP contribution in [-0.4, -0.2) is 6.71 Å². The highest BCUT2D eigenvalue weighted by molar-refractivity contribution is 7.33. The van der Waals surface area contributed by atoms with Crippen LogP contribution in [0.25, 0.3) is 43.5 Å². The first-order valence-electron chi connectivity index (χ1n) is 24.0. The molecule has 0 amide bonds. The maximum absolute atomic E-state index is 6.67. The Kier molecular flexibility index (Phi) is 9.76. The normalized spacial score (nSPS) is 13.7. The van der Waals surface area contributed by atoms with Gasteiger partial charge in [-0.25, -0.2) is 0 Å². The van der Waals surface area contributed by atoms with Gasteiger partial charge in [-0.05, 0) is 154 Å². The molecule has 0 N–H and O–H groups in total. The molecule has 0 radical (unpaired) electrons. The van der Waals surface area contributed by atoms with Gasteiger partial charge in [0.05, 0.1) is 17.1 Å². The van der Waals surface area contributed by atoms with E-state index in [1.807, 2.05) is 11.3 Å². The molecule has 7 aromatic carbocycles. The number of para-hydroxylation sites is 1. The number of hydrogen-bond donors (Lipinski definition) is 0. The summed E-state index contributed by atoms with van der Waals surface area (Å²) in [6.07, 6.45) is 0. The minimum atomic E-state index is -0.0368. The Morgan fingerprint density at radius 3 is 1.76 bits per heavy atom. The van der Waals surface area contributed by atoms with Crippen LogP contribution in [0, 0.1) is 27.7 Å². The third-order valence-electron chi connectivity index (χ3n) is 14.4. The fourth-order valence-electron chi connectivity index (χ4n) is 10.9. The van der Waals surface area contributed by atoms with Crippen molar-refractivity contribution >= 4 is 88.9 Å². The van der Waals surface area contributed by atoms with E-state index in [-0.39, 0.29) is 23.0 Å². The van der Waals surface area contributed by atoms with E-state index in [0.717, 1.165) is 22.3 Å². The smallest absolute Gasteiger partial charge is 0.264 e. The van der Waals surface area contributed by atoms with Crippen LogP contribution in [0.3, 0.4) is 0 Å². The van der Waals surface area contributed by atoms with Crippen molar-refractivity contribution in [1.29, 1.82) is 0 Å². The SMILES string of the molecule is Cc1cc2c3c(c1)N(c1c(C)cc(C(C)(C)C)cc1C)c1c(sc4ccc(C(C)(C)C)cc14)B3c1cc(-c3cc4ccccc4o3)ccc1N2c1c(C)cc(C(C)(C)C)cc1-c1ccccc1. The van der Waals surface area contributed by atoms with Gasteiger partial charge in [-0.3, -0.25) is 0 Å². The summed E-state index contributed by atoms with van der Waals surface area (Å²) in [4.78, 5) is 5.31. The van der Waals surface area contributed by atoms with Crippen molar-refractivity contribution in [2.75, 3.05) is 9.80 Å². The van der Waals surface area contributed by atoms with Crippen LogP contribution in [0.2, 0.25) is 0 Å². The summed E-state index contributed by atoms with van der Waals surface area (Å²) in [6.45, 7) is 30.2. The molecule has 3 nitrogen and oxygen atoms in total. The van der Waals surface area contributed by atoms with E-state index < -0.39 is 0 Å². The van der Waals surface area contributed by atoms with Crippen molar-refractivity contribution in [2.45, 2.75) is 106 Å². The summed E-state index contributed by atoms with van der Waals surface area (Å²) in [5.74, 6) is 0.884. The molecular weight excluding hydrogens is 832 g/mol. The third-order valence-corrected chi connectivity index (χ3v) is 15.7. The van der Waals surface area contributed by atoms with Gasteiger partial charge < -0.3 is 14.2 Å². The molecule has 334 valence electrons. The Balaban J connectivity index is 1.28. The molecule has 2 aliphatic rings. The maximum Gasteiger partial charge on any atom is 0.264 e. The van der Waals surface area contributed by atoms with Crippen molar-refractivity contribution in [3.8, 4) is 22.5 Å². The number of benzene rings is 7. The quantitative estimate of drug-likeness (QED) is 0.164. The highest BCUT2D eigenvalue weighted by Gasteiger charge is 2.47. The highest BCUT2D eigenvalue weighted by Crippen LogP contribution is 2.52. The van der Waals surface area contributed by atoms with Gasteiger partial charge in [-0.2, -0.15) is 0 Å². The number of aryl methyl sites for hydroxylation is 4. The Morgan fingerprint density at radius 2 is 1.10 bits per heavy atom. The molecule has 4 heterocycles. The van der Waals surface area contributed by atoms with E-state index in [2.05, 4.69) is 233 Å². The lowest BCUT2D eigenvalue weighted by atomic mass is 9.36. The molecule has 0 saturated carbocycles. The van der Waals surface area contributed by atoms with Gasteiger partial charge in [0.25, 0.3) is 6.71 Å². The second-order valence-electron chi connectivity index (χ2n) is 22.5. The number of hydrogen-bond acceptors (Lipinski definition) is 4. The lowest BCUT2D eigenvalue weighted by Crippen LogP contribution is -2.60. The lowest BCUT2D eigenvalue weighted by molar-refractivity contribution is 0.589. The van der Waals surface area contributed by atoms with Gasteiger partial charge >= 0.3 is 0 Å². The monoisotopic (exact) mass is 892 g/mol. The molecule has 67 heavy (non-hydrogen) atoms. The van der Waals surface area contributed by atoms with Crippen LogP contribution in [0.4, 0.5) is 34.1 Å². The highest BCUT2D eigenvalue weighted by atomic mass is 32.1. The standard InChI is InChI=1S/C62H61BN2OS/c1-36-27-50-55-51(28-36)65(56-37(2)29-44(30-38(56)3)61(8,9)10)58-47-34-43(60(5,6)7)24-26-54(47)67-59(58)63(55)48-32-42(53-33-41-21-17-18-22-52(41)66-53)23-25-49(48)64(50)57-39(4)31-45(62(11,12)13)35-46(57)40-19-15-14-16-20-40/h14-35H,1-13H3. The van der Waals surface area contributed by atoms with E-state index in [9.17, 15) is 0 Å². The van der Waals surface area contributed by atoms with Gasteiger partial charge in [0, 0.05) is 48.4 Å². The predicted octanol–water partition coefficient (Wildman–Crippen LogP) is 16.2. The first-order chi connectivity index (χ1) is 31.8. The van der Waals surface area contributed by atoms with E-state index in [1.54, 1.807) is 0 Å². The number of rotatable bonds is 4. The summed E-state index contributed by atoms with van der Waals surface area (Å²) in [7, 11) is 0. The third kappa shape index (κ3) is 6.99. The Bertz CT molecular complexity index is 3420. The minimum Gasteiger partial charge on any atom is -0.456 e. The van der Waals surface area contributed by atoms with Gasteiger partial charge in [0.15, 0.2) is 0 Å². The van der Waals surface area contributed by atoms with Crippen molar-refractivity contribution in [1.82, 2.24) is 0 Å². The molecule has 0 bridgehead atoms. The minimum absolute atomic E-state index is 0.0132. The second kappa shape index (κ2) is 15.1. The molecule has 2 aliphatic heterocycles. The van der Waals surface area contributed by atoms with Crippen LogP contribution in [0.5, 0.6) is 0 Å². The lowest BCUT2D eigenvalue weighted by Gasteiger charge is -2.45. The van der Waals surface area contributed by atoms with E-state index in [1.165, 1.54) is 110 Å². The molecule has 5 heteroatoms. The zero-order chi connectivity index (χ0) is 47.1. The van der Waals surface area contributed by atoms with Gasteiger partial charge in [0.2, 0.25) is 0 Å². The Morgan fingerprint density at radius 1 is 0.493 bits per heavy atom. The Hall–Kier alpha value is -6.30. The topological polar surface area (TPSA) is 19.6 Å². The van der Waals surface area contributed by atoms with Gasteiger partial charge in [-0.1, -0.05) is 141 Å². The summed E-state index contributed by atoms with van der Waals surface area (Å²) in [5.41, 5.74) is 23.6. The number of nitrogens with zero attached hydrogens (tertiary/aromatic N) is 2. The molecular formula is C62H61BN2OS. The molecule has 0 fully saturated rings. The molecule has 0 atom stereocenters. The van der Waals surface area contributed by atoms with Crippen molar-refractivity contribution < 1.29 is 4.42 Å². The fourth-order valence-corrected chi connectivity index (χ4v) is 12.2. The number of furan rings is 1. The number of thiophene rings is 1. The average Bonchev–Trinajstić information content (AvgIpc) is 3.88. The van der Waals surface area contributed by atoms with Gasteiger partial charge in [-0.15, -0.1) is 11.3 Å². The number of fused-ring (bicyclic) bond motifs is 7. The van der Waals surface area contributed by atoms with Crippen LogP contribution in [-0.2, 0) is 16.2 Å². The second-order valence-corrected chi connectivity index (χ2v) is 23.6. The largest absolute Gasteiger partial charge is 0.456 e. The molecule has 9 aromatic rings. The molecule has 0 saturated heterocycles. The summed E-state index contributed by atoms with van der Waals surface area (Å²) >= 11 is 1.97. The Labute approximate surface area is 402 Å². The summed E-state index contributed by atoms with van der Waals surface area (Å²) in [6, 6.07) is 50.7. The van der Waals surface area contributed by atoms with Crippen molar-refractivity contribution in [3.05, 3.63) is 172 Å². The first kappa shape index (κ1) is 43.3. The van der Waals surface area contributed by atoms with E-state index in [4.69, 9.17) is 4.42 Å². The molecule has 2 aromatic heterocycles. The average molecular weight is 893 g/mol. The van der Waals surface area contributed by atoms with Crippen molar-refractivity contribution in [3.63, 3.8) is 0 Å². The predicted molar refractivity (Wildman–Crippen MR) is 292 cm³/mol. The zero-order valence-electron chi connectivity index (χ0n) is 41.5. The van der Waals surface area contributed by atoms with Crippen LogP contribution in [0.1, 0.15) is 101 Å². The zero-order valence-corrected chi connectivity index (χ0v) is 42.3. The molecule has 0 unspecified atom stereocenters. The number of anilines is 6. The van der Waals surface area contributed by atoms with E-state index in [0.29, 0.717) is 0 Å². The molecule has 11 rings (SSSR count). The van der Waals surface area contributed by atoms with Crippen LogP contribution >= 0.6 is 11.3 Å². The van der Waals surface area contributed by atoms with Crippen molar-refractivity contribution in [2.24, 2.45) is 0 Å². The molecule has 0 spiro atoms. The van der Waals surface area contributed by atoms with Gasteiger partial charge in [0.1, 0.15) is 11.3 Å². The van der Waals surface area contributed by atoms with E-state index >= 15 is 0 Å². The summed E-state index contributed by atoms with van der Waals surface area (Å²) < 4.78 is 9.36. The van der Waals surface area contributed by atoms with Crippen LogP contribution in [0.15, 0.2) is 138 Å².